The Kier molecular flexibility index (Phi) is 5.48. The van der Waals surface area contributed by atoms with Crippen LogP contribution in [0.1, 0.15) is 72.6 Å². The van der Waals surface area contributed by atoms with Crippen molar-refractivity contribution in [1.29, 1.82) is 0 Å². The minimum atomic E-state index is -0.172. The smallest absolute Gasteiger partial charge is 0.303 e. The number of carbonyl (C=O) groups excluding carboxylic acids is 1. The van der Waals surface area contributed by atoms with Gasteiger partial charge in [-0.3, -0.25) is 4.79 Å². The first-order chi connectivity index (χ1) is 8.04. The summed E-state index contributed by atoms with van der Waals surface area (Å²) in [5.41, 5.74) is -0.172. The van der Waals surface area contributed by atoms with Crippen LogP contribution in [-0.4, -0.2) is 11.6 Å². The molecule has 1 aliphatic carbocycles. The first-order valence-electron chi connectivity index (χ1n) is 7.23. The van der Waals surface area contributed by atoms with Crippen molar-refractivity contribution in [3.63, 3.8) is 0 Å². The van der Waals surface area contributed by atoms with Crippen molar-refractivity contribution < 1.29 is 9.53 Å². The SMILES string of the molecule is CCCCC1CCC(CC)(OC(C)=O)C(C)C1. The van der Waals surface area contributed by atoms with Crippen molar-refractivity contribution in [2.24, 2.45) is 11.8 Å². The number of hydrogen-bond donors (Lipinski definition) is 0. The molecule has 1 rings (SSSR count). The predicted molar refractivity (Wildman–Crippen MR) is 70.8 cm³/mol. The van der Waals surface area contributed by atoms with Crippen LogP contribution in [0.2, 0.25) is 0 Å². The van der Waals surface area contributed by atoms with E-state index in [2.05, 4.69) is 20.8 Å². The Bertz CT molecular complexity index is 249. The van der Waals surface area contributed by atoms with Crippen LogP contribution in [0.3, 0.4) is 0 Å². The highest BCUT2D eigenvalue weighted by molar-refractivity contribution is 5.66. The topological polar surface area (TPSA) is 26.3 Å². The Morgan fingerprint density at radius 3 is 2.59 bits per heavy atom. The van der Waals surface area contributed by atoms with Crippen molar-refractivity contribution in [3.05, 3.63) is 0 Å². The molecule has 100 valence electrons. The summed E-state index contributed by atoms with van der Waals surface area (Å²) in [6.45, 7) is 8.19. The van der Waals surface area contributed by atoms with Gasteiger partial charge in [0.2, 0.25) is 0 Å². The van der Waals surface area contributed by atoms with Gasteiger partial charge in [0.25, 0.3) is 0 Å². The number of unbranched alkanes of at least 4 members (excludes halogenated alkanes) is 1. The monoisotopic (exact) mass is 240 g/mol. The van der Waals surface area contributed by atoms with Crippen LogP contribution in [0, 0.1) is 11.8 Å². The normalized spacial score (nSPS) is 33.4. The number of hydrogen-bond acceptors (Lipinski definition) is 2. The highest BCUT2D eigenvalue weighted by Crippen LogP contribution is 2.43. The van der Waals surface area contributed by atoms with Crippen LogP contribution >= 0.6 is 0 Å². The van der Waals surface area contributed by atoms with E-state index in [0.717, 1.165) is 18.8 Å². The van der Waals surface area contributed by atoms with E-state index in [1.807, 2.05) is 0 Å². The van der Waals surface area contributed by atoms with Gasteiger partial charge in [-0.25, -0.2) is 0 Å². The van der Waals surface area contributed by atoms with Crippen LogP contribution in [0.5, 0.6) is 0 Å². The van der Waals surface area contributed by atoms with Gasteiger partial charge in [0, 0.05) is 6.92 Å². The molecule has 0 N–H and O–H groups in total. The highest BCUT2D eigenvalue weighted by atomic mass is 16.6. The molecule has 0 spiro atoms. The van der Waals surface area contributed by atoms with Crippen molar-refractivity contribution >= 4 is 5.97 Å². The molecule has 1 aliphatic rings. The molecule has 3 unspecified atom stereocenters. The van der Waals surface area contributed by atoms with Gasteiger partial charge in [-0.05, 0) is 37.5 Å². The van der Waals surface area contributed by atoms with Gasteiger partial charge < -0.3 is 4.74 Å². The summed E-state index contributed by atoms with van der Waals surface area (Å²) in [6, 6.07) is 0. The average molecular weight is 240 g/mol. The predicted octanol–water partition coefficient (Wildman–Crippen LogP) is 4.32. The second-order valence-electron chi connectivity index (χ2n) is 5.70. The summed E-state index contributed by atoms with van der Waals surface area (Å²) in [4.78, 5) is 11.3. The van der Waals surface area contributed by atoms with E-state index in [1.165, 1.54) is 39.0 Å². The molecule has 0 aliphatic heterocycles. The van der Waals surface area contributed by atoms with Crippen molar-refractivity contribution in [2.75, 3.05) is 0 Å². The van der Waals surface area contributed by atoms with Crippen LogP contribution in [0.15, 0.2) is 0 Å². The van der Waals surface area contributed by atoms with Gasteiger partial charge in [0.1, 0.15) is 5.60 Å². The molecule has 0 aromatic rings. The zero-order chi connectivity index (χ0) is 12.9. The summed E-state index contributed by atoms with van der Waals surface area (Å²) < 4.78 is 5.65. The molecule has 0 heterocycles. The zero-order valence-electron chi connectivity index (χ0n) is 11.9. The van der Waals surface area contributed by atoms with Gasteiger partial charge in [-0.2, -0.15) is 0 Å². The molecule has 2 nitrogen and oxygen atoms in total. The molecule has 0 aromatic carbocycles. The molecule has 17 heavy (non-hydrogen) atoms. The van der Waals surface area contributed by atoms with Gasteiger partial charge >= 0.3 is 5.97 Å². The Balaban J connectivity index is 2.57. The van der Waals surface area contributed by atoms with Crippen molar-refractivity contribution in [1.82, 2.24) is 0 Å². The van der Waals surface area contributed by atoms with Crippen LogP contribution in [-0.2, 0) is 9.53 Å². The van der Waals surface area contributed by atoms with E-state index in [4.69, 9.17) is 4.74 Å². The standard InChI is InChI=1S/C15H28O2/c1-5-7-8-14-9-10-15(6-2,12(3)11-14)17-13(4)16/h12,14H,5-11H2,1-4H3. The van der Waals surface area contributed by atoms with Crippen LogP contribution in [0.25, 0.3) is 0 Å². The Morgan fingerprint density at radius 2 is 2.12 bits per heavy atom. The van der Waals surface area contributed by atoms with E-state index in [1.54, 1.807) is 0 Å². The fraction of sp³-hybridized carbons (Fsp3) is 0.933. The molecule has 1 saturated carbocycles. The zero-order valence-corrected chi connectivity index (χ0v) is 11.9. The number of carbonyl (C=O) groups is 1. The van der Waals surface area contributed by atoms with E-state index in [-0.39, 0.29) is 11.6 Å². The van der Waals surface area contributed by atoms with E-state index >= 15 is 0 Å². The summed E-state index contributed by atoms with van der Waals surface area (Å²) in [5.74, 6) is 1.23. The van der Waals surface area contributed by atoms with Gasteiger partial charge in [0.15, 0.2) is 0 Å². The van der Waals surface area contributed by atoms with Crippen LogP contribution < -0.4 is 0 Å². The third-order valence-corrected chi connectivity index (χ3v) is 4.47. The second kappa shape index (κ2) is 6.42. The lowest BCUT2D eigenvalue weighted by Crippen LogP contribution is -2.44. The minimum Gasteiger partial charge on any atom is -0.459 e. The Labute approximate surface area is 106 Å². The molecule has 0 saturated heterocycles. The molecule has 0 bridgehead atoms. The summed E-state index contributed by atoms with van der Waals surface area (Å²) in [7, 11) is 0. The average Bonchev–Trinajstić information content (AvgIpc) is 2.29. The summed E-state index contributed by atoms with van der Waals surface area (Å²) in [6.07, 6.45) is 8.43. The lowest BCUT2D eigenvalue weighted by Gasteiger charge is -2.44. The first-order valence-corrected chi connectivity index (χ1v) is 7.23. The lowest BCUT2D eigenvalue weighted by molar-refractivity contribution is -0.169. The third kappa shape index (κ3) is 3.72. The maximum absolute atomic E-state index is 11.3. The van der Waals surface area contributed by atoms with Gasteiger partial charge in [-0.15, -0.1) is 0 Å². The van der Waals surface area contributed by atoms with Crippen molar-refractivity contribution in [2.45, 2.75) is 78.2 Å². The van der Waals surface area contributed by atoms with E-state index in [9.17, 15) is 4.79 Å². The third-order valence-electron chi connectivity index (χ3n) is 4.47. The van der Waals surface area contributed by atoms with Crippen LogP contribution in [0.4, 0.5) is 0 Å². The van der Waals surface area contributed by atoms with Crippen molar-refractivity contribution in [3.8, 4) is 0 Å². The molecular weight excluding hydrogens is 212 g/mol. The molecular formula is C15H28O2. The Morgan fingerprint density at radius 1 is 1.41 bits per heavy atom. The largest absolute Gasteiger partial charge is 0.459 e. The fourth-order valence-electron chi connectivity index (χ4n) is 3.32. The van der Waals surface area contributed by atoms with Gasteiger partial charge in [0.05, 0.1) is 0 Å². The van der Waals surface area contributed by atoms with Gasteiger partial charge in [-0.1, -0.05) is 40.0 Å². The quantitative estimate of drug-likeness (QED) is 0.669. The molecule has 1 fully saturated rings. The minimum absolute atomic E-state index is 0.120. The first kappa shape index (κ1) is 14.5. The summed E-state index contributed by atoms with van der Waals surface area (Å²) >= 11 is 0. The highest BCUT2D eigenvalue weighted by Gasteiger charge is 2.42. The van der Waals surface area contributed by atoms with E-state index < -0.39 is 0 Å². The lowest BCUT2D eigenvalue weighted by atomic mass is 9.69. The number of rotatable bonds is 5. The Hall–Kier alpha value is -0.530. The molecule has 0 amide bonds. The maximum Gasteiger partial charge on any atom is 0.303 e. The number of ether oxygens (including phenoxy) is 1. The van der Waals surface area contributed by atoms with E-state index in [0.29, 0.717) is 5.92 Å². The molecule has 0 radical (unpaired) electrons. The fourth-order valence-corrected chi connectivity index (χ4v) is 3.32. The second-order valence-corrected chi connectivity index (χ2v) is 5.70. The maximum atomic E-state index is 11.3. The summed E-state index contributed by atoms with van der Waals surface area (Å²) in [5, 5.41) is 0. The molecule has 2 heteroatoms. The number of esters is 1. The molecule has 0 aromatic heterocycles. The molecule has 3 atom stereocenters.